The lowest BCUT2D eigenvalue weighted by molar-refractivity contribution is -0.118. The van der Waals surface area contributed by atoms with Crippen molar-refractivity contribution >= 4 is 34.2 Å². The van der Waals surface area contributed by atoms with Crippen molar-refractivity contribution in [3.63, 3.8) is 0 Å². The molecule has 224 valence electrons. The first-order valence-corrected chi connectivity index (χ1v) is 15.3. The number of nitrogens with two attached hydrogens (primary N) is 1. The number of benzene rings is 3. The van der Waals surface area contributed by atoms with Gasteiger partial charge in [0, 0.05) is 23.8 Å². The number of fused-ring (bicyclic) bond motifs is 1. The number of nitrogens with one attached hydrogen (secondary N) is 2. The molecule has 0 bridgehead atoms. The van der Waals surface area contributed by atoms with Gasteiger partial charge in [-0.25, -0.2) is 0 Å². The summed E-state index contributed by atoms with van der Waals surface area (Å²) in [4.78, 5) is 41.9. The van der Waals surface area contributed by atoms with Crippen LogP contribution >= 0.6 is 0 Å². The van der Waals surface area contributed by atoms with E-state index >= 15 is 0 Å². The zero-order valence-corrected chi connectivity index (χ0v) is 24.5. The Hall–Kier alpha value is -4.43. The number of hydrogen-bond acceptors (Lipinski definition) is 5. The third-order valence-corrected chi connectivity index (χ3v) is 8.19. The summed E-state index contributed by atoms with van der Waals surface area (Å²) in [5.74, 6) is -0.323. The molecule has 8 heteroatoms. The van der Waals surface area contributed by atoms with Crippen molar-refractivity contribution in [2.45, 2.75) is 70.0 Å². The lowest BCUT2D eigenvalue weighted by Gasteiger charge is -2.34. The minimum absolute atomic E-state index is 0.100. The van der Waals surface area contributed by atoms with Crippen LogP contribution in [0.25, 0.3) is 10.8 Å². The molecule has 4 N–H and O–H groups in total. The molecular weight excluding hydrogens is 540 g/mol. The Morgan fingerprint density at radius 2 is 1.65 bits per heavy atom. The van der Waals surface area contributed by atoms with Gasteiger partial charge in [-0.2, -0.15) is 0 Å². The second kappa shape index (κ2) is 14.6. The summed E-state index contributed by atoms with van der Waals surface area (Å²) in [6.45, 7) is 0.981. The zero-order chi connectivity index (χ0) is 30.0. The van der Waals surface area contributed by atoms with E-state index in [4.69, 9.17) is 10.2 Å². The smallest absolute Gasteiger partial charge is 0.290 e. The van der Waals surface area contributed by atoms with Crippen molar-refractivity contribution < 1.29 is 18.8 Å². The fraction of sp³-hybridized carbons (Fsp3) is 0.343. The van der Waals surface area contributed by atoms with Crippen LogP contribution in [-0.2, 0) is 11.3 Å². The van der Waals surface area contributed by atoms with Gasteiger partial charge >= 0.3 is 0 Å². The SMILES string of the molecule is NCCCC[C@H](NC(=O)c1cccc2ccccc12)C(=O)Nc1ccc(CN(C(=O)c2ccco2)C2CCCCC2)cc1. The number of anilines is 1. The number of carbonyl (C=O) groups excluding carboxylic acids is 3. The van der Waals surface area contributed by atoms with Crippen molar-refractivity contribution in [2.24, 2.45) is 5.73 Å². The van der Waals surface area contributed by atoms with Gasteiger partial charge in [-0.05, 0) is 85.3 Å². The fourth-order valence-corrected chi connectivity index (χ4v) is 5.84. The molecule has 0 saturated heterocycles. The normalized spacial score (nSPS) is 14.3. The van der Waals surface area contributed by atoms with Gasteiger partial charge in [-0.1, -0.05) is 67.8 Å². The Labute approximate surface area is 252 Å². The molecular formula is C35H40N4O4. The molecule has 4 aromatic rings. The largest absolute Gasteiger partial charge is 0.459 e. The van der Waals surface area contributed by atoms with E-state index in [0.717, 1.165) is 48.4 Å². The lowest BCUT2D eigenvalue weighted by atomic mass is 9.93. The zero-order valence-electron chi connectivity index (χ0n) is 24.5. The summed E-state index contributed by atoms with van der Waals surface area (Å²) in [7, 11) is 0. The minimum atomic E-state index is -0.717. The number of carbonyl (C=O) groups is 3. The molecule has 3 amide bonds. The van der Waals surface area contributed by atoms with Crippen LogP contribution in [0.3, 0.4) is 0 Å². The third kappa shape index (κ3) is 7.70. The molecule has 0 radical (unpaired) electrons. The number of nitrogens with zero attached hydrogens (tertiary/aromatic N) is 1. The quantitative estimate of drug-likeness (QED) is 0.171. The molecule has 8 nitrogen and oxygen atoms in total. The second-order valence-electron chi connectivity index (χ2n) is 11.2. The molecule has 1 atom stereocenters. The van der Waals surface area contributed by atoms with E-state index < -0.39 is 6.04 Å². The summed E-state index contributed by atoms with van der Waals surface area (Å²) < 4.78 is 5.43. The van der Waals surface area contributed by atoms with Crippen molar-refractivity contribution in [1.29, 1.82) is 0 Å². The average Bonchev–Trinajstić information content (AvgIpc) is 3.59. The first-order valence-electron chi connectivity index (χ1n) is 15.3. The lowest BCUT2D eigenvalue weighted by Crippen LogP contribution is -2.44. The van der Waals surface area contributed by atoms with Crippen molar-refractivity contribution in [1.82, 2.24) is 10.2 Å². The predicted molar refractivity (Wildman–Crippen MR) is 169 cm³/mol. The minimum Gasteiger partial charge on any atom is -0.459 e. The van der Waals surface area contributed by atoms with E-state index in [1.165, 1.54) is 12.7 Å². The average molecular weight is 581 g/mol. The van der Waals surface area contributed by atoms with Crippen LogP contribution in [0.2, 0.25) is 0 Å². The summed E-state index contributed by atoms with van der Waals surface area (Å²) in [5, 5.41) is 7.74. The van der Waals surface area contributed by atoms with E-state index in [1.807, 2.05) is 65.6 Å². The van der Waals surface area contributed by atoms with Crippen LogP contribution in [0.4, 0.5) is 5.69 Å². The van der Waals surface area contributed by atoms with Gasteiger partial charge in [0.25, 0.3) is 11.8 Å². The highest BCUT2D eigenvalue weighted by Crippen LogP contribution is 2.26. The molecule has 1 heterocycles. The Balaban J connectivity index is 1.26. The molecule has 5 rings (SSSR count). The Morgan fingerprint density at radius 1 is 0.884 bits per heavy atom. The molecule has 0 spiro atoms. The fourth-order valence-electron chi connectivity index (χ4n) is 5.84. The molecule has 3 aromatic carbocycles. The highest BCUT2D eigenvalue weighted by molar-refractivity contribution is 6.09. The maximum absolute atomic E-state index is 13.4. The van der Waals surface area contributed by atoms with Gasteiger partial charge in [-0.15, -0.1) is 0 Å². The molecule has 1 aromatic heterocycles. The number of unbranched alkanes of at least 4 members (excludes halogenated alkanes) is 1. The summed E-state index contributed by atoms with van der Waals surface area (Å²) in [6, 6.07) is 23.7. The Morgan fingerprint density at radius 3 is 2.40 bits per heavy atom. The van der Waals surface area contributed by atoms with Gasteiger partial charge < -0.3 is 25.7 Å². The Bertz CT molecular complexity index is 1510. The second-order valence-corrected chi connectivity index (χ2v) is 11.2. The summed E-state index contributed by atoms with van der Waals surface area (Å²) in [5.41, 5.74) is 7.82. The summed E-state index contributed by atoms with van der Waals surface area (Å²) >= 11 is 0. The van der Waals surface area contributed by atoms with Crippen LogP contribution in [0.5, 0.6) is 0 Å². The monoisotopic (exact) mass is 580 g/mol. The molecule has 1 aliphatic rings. The van der Waals surface area contributed by atoms with Crippen LogP contribution in [0.1, 0.15) is 77.8 Å². The van der Waals surface area contributed by atoms with Crippen molar-refractivity contribution in [2.75, 3.05) is 11.9 Å². The highest BCUT2D eigenvalue weighted by Gasteiger charge is 2.28. The van der Waals surface area contributed by atoms with E-state index in [0.29, 0.717) is 42.9 Å². The van der Waals surface area contributed by atoms with Gasteiger partial charge in [0.1, 0.15) is 6.04 Å². The van der Waals surface area contributed by atoms with Gasteiger partial charge in [0.2, 0.25) is 5.91 Å². The van der Waals surface area contributed by atoms with Crippen LogP contribution < -0.4 is 16.4 Å². The molecule has 1 aliphatic carbocycles. The third-order valence-electron chi connectivity index (χ3n) is 8.19. The van der Waals surface area contributed by atoms with Crippen molar-refractivity contribution in [3.05, 3.63) is 102 Å². The van der Waals surface area contributed by atoms with Crippen LogP contribution in [0, 0.1) is 0 Å². The van der Waals surface area contributed by atoms with E-state index in [2.05, 4.69) is 10.6 Å². The molecule has 43 heavy (non-hydrogen) atoms. The maximum Gasteiger partial charge on any atom is 0.290 e. The number of hydrogen-bond donors (Lipinski definition) is 3. The standard InChI is InChI=1S/C35H40N4O4/c36-22-7-6-16-31(38-33(40)30-15-8-11-26-10-4-5-14-29(26)30)34(41)37-27-20-18-25(19-21-27)24-39(28-12-2-1-3-13-28)35(42)32-17-9-23-43-32/h4-5,8-11,14-15,17-21,23,28,31H,1-3,6-7,12-13,16,22,24,36H2,(H,37,41)(H,38,40)/t31-/m0/s1. The highest BCUT2D eigenvalue weighted by atomic mass is 16.3. The van der Waals surface area contributed by atoms with Gasteiger partial charge in [-0.3, -0.25) is 14.4 Å². The van der Waals surface area contributed by atoms with E-state index in [-0.39, 0.29) is 23.8 Å². The topological polar surface area (TPSA) is 118 Å². The first-order chi connectivity index (χ1) is 21.0. The van der Waals surface area contributed by atoms with E-state index in [9.17, 15) is 14.4 Å². The predicted octanol–water partition coefficient (Wildman–Crippen LogP) is 6.27. The number of furan rings is 1. The number of amides is 3. The molecule has 0 aliphatic heterocycles. The van der Waals surface area contributed by atoms with E-state index in [1.54, 1.807) is 18.2 Å². The molecule has 0 unspecified atom stereocenters. The van der Waals surface area contributed by atoms with Crippen molar-refractivity contribution in [3.8, 4) is 0 Å². The molecule has 1 saturated carbocycles. The molecule has 1 fully saturated rings. The maximum atomic E-state index is 13.4. The van der Waals surface area contributed by atoms with Gasteiger partial charge in [0.05, 0.1) is 6.26 Å². The Kier molecular flexibility index (Phi) is 10.2. The van der Waals surface area contributed by atoms with Gasteiger partial charge in [0.15, 0.2) is 5.76 Å². The first kappa shape index (κ1) is 30.0. The van der Waals surface area contributed by atoms with Crippen LogP contribution in [-0.4, -0.2) is 41.2 Å². The number of rotatable bonds is 12. The van der Waals surface area contributed by atoms with Crippen LogP contribution in [0.15, 0.2) is 89.5 Å². The summed E-state index contributed by atoms with van der Waals surface area (Å²) in [6.07, 6.45) is 8.86.